The molecule has 0 saturated carbocycles. The summed E-state index contributed by atoms with van der Waals surface area (Å²) in [6.45, 7) is 0.607. The van der Waals surface area contributed by atoms with Gasteiger partial charge in [0.25, 0.3) is 0 Å². The van der Waals surface area contributed by atoms with Gasteiger partial charge in [-0.3, -0.25) is 0 Å². The number of anilines is 1. The number of rotatable bonds is 7. The number of hydrogen-bond acceptors (Lipinski definition) is 6. The maximum Gasteiger partial charge on any atom is 0.231 e. The predicted molar refractivity (Wildman–Crippen MR) is 93.4 cm³/mol. The van der Waals surface area contributed by atoms with E-state index in [9.17, 15) is 5.11 Å². The van der Waals surface area contributed by atoms with Gasteiger partial charge >= 0.3 is 0 Å². The van der Waals surface area contributed by atoms with E-state index >= 15 is 0 Å². The number of nitriles is 1. The molecule has 0 saturated heterocycles. The number of nitrogens with zero attached hydrogens (tertiary/aromatic N) is 1. The normalized spacial score (nSPS) is 13.3. The van der Waals surface area contributed by atoms with E-state index in [0.29, 0.717) is 24.5 Å². The van der Waals surface area contributed by atoms with E-state index in [0.717, 1.165) is 21.9 Å². The van der Waals surface area contributed by atoms with Crippen molar-refractivity contribution in [3.8, 4) is 17.6 Å². The minimum absolute atomic E-state index is 0.223. The number of thioether (sulfide) groups is 1. The molecule has 1 aliphatic heterocycles. The quantitative estimate of drug-likeness (QED) is 0.592. The highest BCUT2D eigenvalue weighted by Crippen LogP contribution is 2.34. The van der Waals surface area contributed by atoms with Crippen LogP contribution in [0.2, 0.25) is 0 Å². The summed E-state index contributed by atoms with van der Waals surface area (Å²) >= 11 is 1.63. The molecule has 1 atom stereocenters. The van der Waals surface area contributed by atoms with Crippen LogP contribution in [0.1, 0.15) is 18.1 Å². The first kappa shape index (κ1) is 16.5. The molecule has 124 valence electrons. The fraction of sp³-hybridized carbons (Fsp3) is 0.278. The molecule has 24 heavy (non-hydrogen) atoms. The number of nitrogens with one attached hydrogen (secondary N) is 1. The molecule has 0 bridgehead atoms. The van der Waals surface area contributed by atoms with E-state index in [4.69, 9.17) is 14.7 Å². The maximum absolute atomic E-state index is 10.4. The third-order valence-electron chi connectivity index (χ3n) is 3.63. The number of fused-ring (bicyclic) bond motifs is 1. The molecule has 0 unspecified atom stereocenters. The first-order chi connectivity index (χ1) is 11.8. The molecule has 2 aromatic carbocycles. The van der Waals surface area contributed by atoms with Gasteiger partial charge in [0.05, 0.1) is 12.2 Å². The van der Waals surface area contributed by atoms with Crippen LogP contribution in [0.25, 0.3) is 0 Å². The third kappa shape index (κ3) is 3.94. The minimum Gasteiger partial charge on any atom is -0.454 e. The molecule has 2 aromatic rings. The Balaban J connectivity index is 1.62. The van der Waals surface area contributed by atoms with E-state index in [2.05, 4.69) is 11.4 Å². The van der Waals surface area contributed by atoms with Gasteiger partial charge in [-0.15, -0.1) is 11.8 Å². The van der Waals surface area contributed by atoms with Crippen molar-refractivity contribution in [3.05, 3.63) is 48.0 Å². The molecule has 6 heteroatoms. The summed E-state index contributed by atoms with van der Waals surface area (Å²) in [6.07, 6.45) is -0.143. The zero-order valence-corrected chi connectivity index (χ0v) is 13.9. The highest BCUT2D eigenvalue weighted by Gasteiger charge is 2.16. The monoisotopic (exact) mass is 342 g/mol. The molecule has 5 nitrogen and oxygen atoms in total. The highest BCUT2D eigenvalue weighted by atomic mass is 32.2. The number of benzene rings is 2. The molecule has 3 rings (SSSR count). The summed E-state index contributed by atoms with van der Waals surface area (Å²) in [7, 11) is 0. The van der Waals surface area contributed by atoms with Gasteiger partial charge < -0.3 is 19.9 Å². The Bertz CT molecular complexity index is 745. The first-order valence-corrected chi connectivity index (χ1v) is 8.67. The molecule has 0 fully saturated rings. The number of para-hydroxylation sites is 1. The smallest absolute Gasteiger partial charge is 0.231 e. The van der Waals surface area contributed by atoms with Crippen LogP contribution in [0.15, 0.2) is 47.4 Å². The van der Waals surface area contributed by atoms with Gasteiger partial charge in [0, 0.05) is 29.3 Å². The zero-order valence-electron chi connectivity index (χ0n) is 13.1. The molecule has 1 aliphatic rings. The van der Waals surface area contributed by atoms with Crippen LogP contribution in [0.4, 0.5) is 5.69 Å². The van der Waals surface area contributed by atoms with Crippen molar-refractivity contribution in [1.82, 2.24) is 0 Å². The van der Waals surface area contributed by atoms with Crippen LogP contribution in [0.3, 0.4) is 0 Å². The standard InChI is InChI=1S/C18H18N2O3S/c19-8-3-9-24-18-5-2-1-4-14(18)20-11-15(21)13-6-7-16-17(10-13)23-12-22-16/h1-2,4-7,10,15,20-21H,3,9,11-12H2/t15-/m0/s1. The van der Waals surface area contributed by atoms with Crippen molar-refractivity contribution in [3.63, 3.8) is 0 Å². The Kier molecular flexibility index (Phi) is 5.47. The lowest BCUT2D eigenvalue weighted by Crippen LogP contribution is -2.12. The summed E-state index contributed by atoms with van der Waals surface area (Å²) in [5, 5.41) is 22.3. The van der Waals surface area contributed by atoms with Crippen LogP contribution in [-0.2, 0) is 0 Å². The Morgan fingerprint density at radius 2 is 2.04 bits per heavy atom. The average molecular weight is 342 g/mol. The van der Waals surface area contributed by atoms with E-state index in [1.807, 2.05) is 42.5 Å². The summed E-state index contributed by atoms with van der Waals surface area (Å²) in [6, 6.07) is 15.5. The third-order valence-corrected chi connectivity index (χ3v) is 4.70. The second kappa shape index (κ2) is 7.95. The van der Waals surface area contributed by atoms with Crippen LogP contribution in [0.5, 0.6) is 11.5 Å². The van der Waals surface area contributed by atoms with Gasteiger partial charge in [-0.25, -0.2) is 0 Å². The number of ether oxygens (including phenoxy) is 2. The fourth-order valence-electron chi connectivity index (χ4n) is 2.39. The number of hydrogen-bond donors (Lipinski definition) is 2. The first-order valence-electron chi connectivity index (χ1n) is 7.68. The molecule has 0 spiro atoms. The van der Waals surface area contributed by atoms with Crippen molar-refractivity contribution in [2.24, 2.45) is 0 Å². The largest absolute Gasteiger partial charge is 0.454 e. The number of aliphatic hydroxyl groups is 1. The fourth-order valence-corrected chi connectivity index (χ4v) is 3.27. The molecule has 0 aromatic heterocycles. The van der Waals surface area contributed by atoms with Crippen molar-refractivity contribution in [1.29, 1.82) is 5.26 Å². The van der Waals surface area contributed by atoms with E-state index in [1.165, 1.54) is 0 Å². The molecular weight excluding hydrogens is 324 g/mol. The lowest BCUT2D eigenvalue weighted by Gasteiger charge is -2.16. The maximum atomic E-state index is 10.4. The Hall–Kier alpha value is -2.36. The summed E-state index contributed by atoms with van der Waals surface area (Å²) in [5.41, 5.74) is 1.74. The van der Waals surface area contributed by atoms with Gasteiger partial charge in [-0.1, -0.05) is 18.2 Å². The summed E-state index contributed by atoms with van der Waals surface area (Å²) in [4.78, 5) is 1.07. The lowest BCUT2D eigenvalue weighted by atomic mass is 10.1. The lowest BCUT2D eigenvalue weighted by molar-refractivity contribution is 0.173. The Labute approximate surface area is 145 Å². The average Bonchev–Trinajstić information content (AvgIpc) is 3.08. The van der Waals surface area contributed by atoms with Crippen molar-refractivity contribution in [2.75, 3.05) is 24.4 Å². The minimum atomic E-state index is -0.656. The van der Waals surface area contributed by atoms with Crippen LogP contribution < -0.4 is 14.8 Å². The molecular formula is C18H18N2O3S. The number of aliphatic hydroxyl groups excluding tert-OH is 1. The van der Waals surface area contributed by atoms with Gasteiger partial charge in [-0.2, -0.15) is 5.26 Å². The van der Waals surface area contributed by atoms with Crippen molar-refractivity contribution in [2.45, 2.75) is 17.4 Å². The molecule has 2 N–H and O–H groups in total. The van der Waals surface area contributed by atoms with Crippen LogP contribution in [-0.4, -0.2) is 24.2 Å². The molecule has 1 heterocycles. The van der Waals surface area contributed by atoms with Crippen molar-refractivity contribution >= 4 is 17.4 Å². The van der Waals surface area contributed by atoms with Gasteiger partial charge in [0.2, 0.25) is 6.79 Å². The van der Waals surface area contributed by atoms with E-state index in [-0.39, 0.29) is 6.79 Å². The SMILES string of the molecule is N#CCCSc1ccccc1NC[C@H](O)c1ccc2c(c1)OCO2. The Morgan fingerprint density at radius 3 is 2.92 bits per heavy atom. The second-order valence-corrected chi connectivity index (χ2v) is 6.40. The van der Waals surface area contributed by atoms with Gasteiger partial charge in [0.15, 0.2) is 11.5 Å². The van der Waals surface area contributed by atoms with Crippen LogP contribution >= 0.6 is 11.8 Å². The summed E-state index contributed by atoms with van der Waals surface area (Å²) in [5.74, 6) is 2.12. The van der Waals surface area contributed by atoms with Crippen molar-refractivity contribution < 1.29 is 14.6 Å². The van der Waals surface area contributed by atoms with Gasteiger partial charge in [0.1, 0.15) is 0 Å². The van der Waals surface area contributed by atoms with E-state index < -0.39 is 6.10 Å². The predicted octanol–water partition coefficient (Wildman–Crippen LogP) is 3.57. The zero-order chi connectivity index (χ0) is 16.8. The van der Waals surface area contributed by atoms with E-state index in [1.54, 1.807) is 11.8 Å². The highest BCUT2D eigenvalue weighted by molar-refractivity contribution is 7.99. The Morgan fingerprint density at radius 1 is 1.21 bits per heavy atom. The second-order valence-electron chi connectivity index (χ2n) is 5.26. The molecule has 0 radical (unpaired) electrons. The molecule has 0 amide bonds. The van der Waals surface area contributed by atoms with Crippen LogP contribution in [0, 0.1) is 11.3 Å². The molecule has 0 aliphatic carbocycles. The topological polar surface area (TPSA) is 74.5 Å². The summed E-state index contributed by atoms with van der Waals surface area (Å²) < 4.78 is 10.6. The van der Waals surface area contributed by atoms with Gasteiger partial charge in [-0.05, 0) is 29.8 Å².